The van der Waals surface area contributed by atoms with Crippen molar-refractivity contribution < 1.29 is 29.0 Å². The number of carboxylic acid groups (broad SMARTS) is 1. The highest BCUT2D eigenvalue weighted by atomic mass is 16.5. The van der Waals surface area contributed by atoms with Crippen LogP contribution >= 0.6 is 0 Å². The molecule has 2 aromatic rings. The molecule has 39 heavy (non-hydrogen) atoms. The maximum atomic E-state index is 12.9. The number of anilines is 2. The fraction of sp³-hybridized carbons (Fsp3) is 0.370. The van der Waals surface area contributed by atoms with E-state index >= 15 is 0 Å². The van der Waals surface area contributed by atoms with Crippen molar-refractivity contribution in [3.63, 3.8) is 0 Å². The zero-order chi connectivity index (χ0) is 28.5. The number of aryl methyl sites for hydroxylation is 1. The van der Waals surface area contributed by atoms with Crippen molar-refractivity contribution in [2.45, 2.75) is 45.2 Å². The van der Waals surface area contributed by atoms with Gasteiger partial charge in [-0.3, -0.25) is 14.4 Å². The molecule has 0 radical (unpaired) electrons. The monoisotopic (exact) mass is 538 g/mol. The van der Waals surface area contributed by atoms with Gasteiger partial charge in [-0.25, -0.2) is 4.79 Å². The molecule has 5 N–H and O–H groups in total. The second kappa shape index (κ2) is 13.3. The Labute approximate surface area is 226 Å². The lowest BCUT2D eigenvalue weighted by molar-refractivity contribution is -0.138. The number of carboxylic acids is 1. The lowest BCUT2D eigenvalue weighted by Crippen LogP contribution is -2.48. The van der Waals surface area contributed by atoms with Gasteiger partial charge >= 0.3 is 12.0 Å². The largest absolute Gasteiger partial charge is 0.495 e. The lowest BCUT2D eigenvalue weighted by atomic mass is 10.0. The molecule has 2 unspecified atom stereocenters. The SMILES string of the molecule is COc1cc(CC(=O)N(C)CC2=NNC(C(CC(=O)O)NC(C)=O)C2)ccc1NC(=O)Nc1ccccc1C. The Morgan fingerprint density at radius 1 is 1.15 bits per heavy atom. The Bertz CT molecular complexity index is 1250. The quantitative estimate of drug-likeness (QED) is 0.293. The van der Waals surface area contributed by atoms with Gasteiger partial charge in [-0.1, -0.05) is 24.3 Å². The highest BCUT2D eigenvalue weighted by molar-refractivity contribution is 6.01. The topological polar surface area (TPSA) is 161 Å². The lowest BCUT2D eigenvalue weighted by Gasteiger charge is -2.22. The first-order valence-corrected chi connectivity index (χ1v) is 12.4. The minimum atomic E-state index is -1.03. The number of nitrogens with zero attached hydrogens (tertiary/aromatic N) is 2. The molecule has 0 spiro atoms. The van der Waals surface area contributed by atoms with Gasteiger partial charge in [-0.15, -0.1) is 0 Å². The van der Waals surface area contributed by atoms with Crippen molar-refractivity contribution >= 4 is 40.9 Å². The number of ether oxygens (including phenoxy) is 1. The molecule has 0 saturated heterocycles. The molecule has 2 aromatic carbocycles. The summed E-state index contributed by atoms with van der Waals surface area (Å²) in [7, 11) is 3.14. The van der Waals surface area contributed by atoms with E-state index in [4.69, 9.17) is 9.84 Å². The summed E-state index contributed by atoms with van der Waals surface area (Å²) in [5, 5.41) is 21.6. The van der Waals surface area contributed by atoms with Crippen molar-refractivity contribution in [3.8, 4) is 5.75 Å². The number of carbonyl (C=O) groups is 4. The van der Waals surface area contributed by atoms with Crippen LogP contribution in [0.25, 0.3) is 0 Å². The van der Waals surface area contributed by atoms with Crippen LogP contribution in [0, 0.1) is 6.92 Å². The first-order valence-electron chi connectivity index (χ1n) is 12.4. The van der Waals surface area contributed by atoms with Crippen LogP contribution in [0.15, 0.2) is 47.6 Å². The number of hydrogen-bond donors (Lipinski definition) is 5. The van der Waals surface area contributed by atoms with Crippen LogP contribution in [0.1, 0.15) is 30.9 Å². The Morgan fingerprint density at radius 3 is 2.54 bits per heavy atom. The first kappa shape index (κ1) is 29.0. The molecule has 12 nitrogen and oxygen atoms in total. The number of rotatable bonds is 11. The summed E-state index contributed by atoms with van der Waals surface area (Å²) in [5.41, 5.74) is 6.34. The molecule has 1 aliphatic heterocycles. The number of methoxy groups -OCH3 is 1. The Kier molecular flexibility index (Phi) is 9.85. The second-order valence-corrected chi connectivity index (χ2v) is 9.38. The number of urea groups is 1. The summed E-state index contributed by atoms with van der Waals surface area (Å²) in [4.78, 5) is 49.6. The number of hydrazone groups is 1. The molecule has 2 atom stereocenters. The van der Waals surface area contributed by atoms with Crippen molar-refractivity contribution in [1.29, 1.82) is 0 Å². The van der Waals surface area contributed by atoms with Gasteiger partial charge < -0.3 is 36.1 Å². The van der Waals surface area contributed by atoms with E-state index in [0.29, 0.717) is 34.8 Å². The predicted octanol–water partition coefficient (Wildman–Crippen LogP) is 2.35. The Morgan fingerprint density at radius 2 is 1.87 bits per heavy atom. The summed E-state index contributed by atoms with van der Waals surface area (Å²) in [6.07, 6.45) is 0.254. The summed E-state index contributed by atoms with van der Waals surface area (Å²) >= 11 is 0. The number of carbonyl (C=O) groups excluding carboxylic acids is 3. The van der Waals surface area contributed by atoms with E-state index in [1.165, 1.54) is 18.9 Å². The summed E-state index contributed by atoms with van der Waals surface area (Å²) in [5.74, 6) is -1.10. The standard InChI is InChI=1S/C27H34N6O6/c1-16-7-5-6-8-20(16)29-27(38)30-21-10-9-18(11-24(21)39-4)12-25(35)33(3)15-19-13-23(32-31-19)22(14-26(36)37)28-17(2)34/h5-11,22-23,32H,12-15H2,1-4H3,(H,28,34)(H,36,37)(H2,29,30,38). The average Bonchev–Trinajstić information content (AvgIpc) is 3.33. The second-order valence-electron chi connectivity index (χ2n) is 9.38. The molecular weight excluding hydrogens is 504 g/mol. The van der Waals surface area contributed by atoms with E-state index in [1.54, 1.807) is 25.2 Å². The number of aliphatic carboxylic acids is 1. The van der Waals surface area contributed by atoms with Gasteiger partial charge in [-0.05, 0) is 36.2 Å². The van der Waals surface area contributed by atoms with Gasteiger partial charge in [-0.2, -0.15) is 5.10 Å². The minimum absolute atomic E-state index is 0.0974. The van der Waals surface area contributed by atoms with E-state index < -0.39 is 18.0 Å². The van der Waals surface area contributed by atoms with Gasteiger partial charge in [0.25, 0.3) is 0 Å². The number of para-hydroxylation sites is 1. The fourth-order valence-electron chi connectivity index (χ4n) is 4.20. The van der Waals surface area contributed by atoms with E-state index in [1.807, 2.05) is 31.2 Å². The molecule has 3 rings (SSSR count). The fourth-order valence-corrected chi connectivity index (χ4v) is 4.20. The van der Waals surface area contributed by atoms with E-state index in [0.717, 1.165) is 5.56 Å². The predicted molar refractivity (Wildman–Crippen MR) is 147 cm³/mol. The van der Waals surface area contributed by atoms with E-state index in [9.17, 15) is 19.2 Å². The number of hydrogen-bond acceptors (Lipinski definition) is 7. The van der Waals surface area contributed by atoms with Crippen LogP contribution in [-0.4, -0.2) is 72.3 Å². The van der Waals surface area contributed by atoms with Crippen LogP contribution in [0.3, 0.4) is 0 Å². The van der Waals surface area contributed by atoms with Crippen LogP contribution in [0.4, 0.5) is 16.2 Å². The highest BCUT2D eigenvalue weighted by Gasteiger charge is 2.30. The third kappa shape index (κ3) is 8.45. The van der Waals surface area contributed by atoms with Crippen molar-refractivity contribution in [3.05, 3.63) is 53.6 Å². The number of amides is 4. The average molecular weight is 539 g/mol. The number of benzene rings is 2. The summed E-state index contributed by atoms with van der Waals surface area (Å²) < 4.78 is 5.43. The molecular formula is C27H34N6O6. The minimum Gasteiger partial charge on any atom is -0.495 e. The van der Waals surface area contributed by atoms with Crippen molar-refractivity contribution in [2.24, 2.45) is 5.10 Å². The molecule has 1 heterocycles. The van der Waals surface area contributed by atoms with Gasteiger partial charge in [0.15, 0.2) is 0 Å². The molecule has 208 valence electrons. The Hall–Kier alpha value is -4.61. The molecule has 12 heteroatoms. The van der Waals surface area contributed by atoms with Crippen LogP contribution in [0.5, 0.6) is 5.75 Å². The van der Waals surface area contributed by atoms with E-state index in [2.05, 4.69) is 26.5 Å². The van der Waals surface area contributed by atoms with Crippen molar-refractivity contribution in [2.75, 3.05) is 31.3 Å². The molecule has 4 amide bonds. The van der Waals surface area contributed by atoms with Gasteiger partial charge in [0, 0.05) is 26.1 Å². The molecule has 1 aliphatic rings. The highest BCUT2D eigenvalue weighted by Crippen LogP contribution is 2.26. The molecule has 0 aliphatic carbocycles. The molecule has 0 saturated carbocycles. The van der Waals surface area contributed by atoms with Crippen LogP contribution in [-0.2, 0) is 20.8 Å². The van der Waals surface area contributed by atoms with Crippen LogP contribution < -0.4 is 26.1 Å². The summed E-state index contributed by atoms with van der Waals surface area (Å²) in [6, 6.07) is 11.1. The van der Waals surface area contributed by atoms with Gasteiger partial charge in [0.1, 0.15) is 5.75 Å². The molecule has 0 fully saturated rings. The summed E-state index contributed by atoms with van der Waals surface area (Å²) in [6.45, 7) is 3.48. The number of likely N-dealkylation sites (N-methyl/N-ethyl adjacent to an activating group) is 1. The Balaban J connectivity index is 1.55. The van der Waals surface area contributed by atoms with Crippen molar-refractivity contribution in [1.82, 2.24) is 15.6 Å². The smallest absolute Gasteiger partial charge is 0.323 e. The van der Waals surface area contributed by atoms with E-state index in [-0.39, 0.29) is 37.2 Å². The maximum Gasteiger partial charge on any atom is 0.323 e. The third-order valence-electron chi connectivity index (χ3n) is 6.22. The number of nitrogens with one attached hydrogen (secondary N) is 4. The zero-order valence-electron chi connectivity index (χ0n) is 22.4. The van der Waals surface area contributed by atoms with Crippen LogP contribution in [0.2, 0.25) is 0 Å². The molecule has 0 aromatic heterocycles. The normalized spacial score (nSPS) is 14.9. The van der Waals surface area contributed by atoms with Gasteiger partial charge in [0.05, 0.1) is 50.0 Å². The zero-order valence-corrected chi connectivity index (χ0v) is 22.4. The van der Waals surface area contributed by atoms with Gasteiger partial charge in [0.2, 0.25) is 11.8 Å². The first-order chi connectivity index (χ1) is 18.5. The molecule has 0 bridgehead atoms. The maximum absolute atomic E-state index is 12.9. The third-order valence-corrected chi connectivity index (χ3v) is 6.22.